The summed E-state index contributed by atoms with van der Waals surface area (Å²) in [6, 6.07) is 9.93. The van der Waals surface area contributed by atoms with Gasteiger partial charge in [-0.15, -0.1) is 0 Å². The van der Waals surface area contributed by atoms with Crippen molar-refractivity contribution in [2.75, 3.05) is 13.1 Å². The number of piperidine rings is 1. The van der Waals surface area contributed by atoms with Crippen LogP contribution >= 0.6 is 0 Å². The van der Waals surface area contributed by atoms with Gasteiger partial charge in [0.1, 0.15) is 0 Å². The minimum Gasteiger partial charge on any atom is -0.339 e. The van der Waals surface area contributed by atoms with Crippen molar-refractivity contribution in [3.8, 4) is 11.4 Å². The van der Waals surface area contributed by atoms with E-state index in [9.17, 15) is 0 Å². The Morgan fingerprint density at radius 2 is 2.12 bits per heavy atom. The highest BCUT2D eigenvalue weighted by atomic mass is 16.5. The van der Waals surface area contributed by atoms with Gasteiger partial charge in [-0.25, -0.2) is 0 Å². The van der Waals surface area contributed by atoms with Crippen molar-refractivity contribution in [2.45, 2.75) is 18.8 Å². The molecule has 1 aromatic carbocycles. The first-order chi connectivity index (χ1) is 8.43. The first kappa shape index (κ1) is 10.5. The Labute approximate surface area is 100 Å². The van der Waals surface area contributed by atoms with Crippen LogP contribution in [-0.2, 0) is 0 Å². The summed E-state index contributed by atoms with van der Waals surface area (Å²) in [5, 5.41) is 7.40. The summed E-state index contributed by atoms with van der Waals surface area (Å²) in [5.41, 5.74) is 1.01. The Bertz CT molecular complexity index is 474. The molecule has 1 atom stereocenters. The van der Waals surface area contributed by atoms with Crippen molar-refractivity contribution >= 4 is 0 Å². The summed E-state index contributed by atoms with van der Waals surface area (Å²) in [7, 11) is 0. The Hall–Kier alpha value is -1.68. The average Bonchev–Trinajstić information content (AvgIpc) is 2.90. The van der Waals surface area contributed by atoms with Gasteiger partial charge >= 0.3 is 0 Å². The van der Waals surface area contributed by atoms with Crippen LogP contribution < -0.4 is 5.32 Å². The maximum atomic E-state index is 5.36. The van der Waals surface area contributed by atoms with E-state index in [1.165, 1.54) is 6.42 Å². The molecule has 0 bridgehead atoms. The van der Waals surface area contributed by atoms with Crippen molar-refractivity contribution in [1.29, 1.82) is 0 Å². The molecule has 0 amide bonds. The van der Waals surface area contributed by atoms with E-state index >= 15 is 0 Å². The molecular weight excluding hydrogens is 214 g/mol. The van der Waals surface area contributed by atoms with Crippen LogP contribution in [-0.4, -0.2) is 23.2 Å². The van der Waals surface area contributed by atoms with Crippen LogP contribution in [0.25, 0.3) is 11.4 Å². The predicted molar refractivity (Wildman–Crippen MR) is 64.6 cm³/mol. The second-order valence-corrected chi connectivity index (χ2v) is 4.37. The highest BCUT2D eigenvalue weighted by Gasteiger charge is 2.21. The van der Waals surface area contributed by atoms with E-state index < -0.39 is 0 Å². The molecule has 1 aromatic heterocycles. The molecule has 88 valence electrons. The SMILES string of the molecule is c1ccc(-c2noc([C@@H]3CCCNC3)n2)cc1. The van der Waals surface area contributed by atoms with Gasteiger partial charge in [0.25, 0.3) is 0 Å². The van der Waals surface area contributed by atoms with Gasteiger partial charge in [-0.3, -0.25) is 0 Å². The Morgan fingerprint density at radius 3 is 2.88 bits per heavy atom. The Balaban J connectivity index is 1.83. The molecule has 2 heterocycles. The lowest BCUT2D eigenvalue weighted by atomic mass is 10.00. The van der Waals surface area contributed by atoms with Crippen LogP contribution in [0.4, 0.5) is 0 Å². The number of hydrogen-bond donors (Lipinski definition) is 1. The number of nitrogens with zero attached hydrogens (tertiary/aromatic N) is 2. The van der Waals surface area contributed by atoms with Gasteiger partial charge in [0.2, 0.25) is 11.7 Å². The van der Waals surface area contributed by atoms with Gasteiger partial charge in [-0.1, -0.05) is 35.5 Å². The van der Waals surface area contributed by atoms with Crippen LogP contribution in [0.2, 0.25) is 0 Å². The minimum atomic E-state index is 0.369. The standard InChI is InChI=1S/C13H15N3O/c1-2-5-10(6-3-1)12-15-13(17-16-12)11-7-4-8-14-9-11/h1-3,5-6,11,14H,4,7-9H2/t11-/m1/s1. The monoisotopic (exact) mass is 229 g/mol. The topological polar surface area (TPSA) is 51.0 Å². The van der Waals surface area contributed by atoms with Crippen molar-refractivity contribution < 1.29 is 4.52 Å². The number of benzene rings is 1. The maximum Gasteiger partial charge on any atom is 0.231 e. The zero-order chi connectivity index (χ0) is 11.5. The second kappa shape index (κ2) is 4.67. The normalized spacial score (nSPS) is 20.4. The molecule has 4 nitrogen and oxygen atoms in total. The second-order valence-electron chi connectivity index (χ2n) is 4.37. The van der Waals surface area contributed by atoms with Gasteiger partial charge in [0, 0.05) is 12.1 Å². The van der Waals surface area contributed by atoms with Crippen molar-refractivity contribution in [3.05, 3.63) is 36.2 Å². The summed E-state index contributed by atoms with van der Waals surface area (Å²) in [4.78, 5) is 4.49. The predicted octanol–water partition coefficient (Wildman–Crippen LogP) is 2.20. The van der Waals surface area contributed by atoms with E-state index in [4.69, 9.17) is 4.52 Å². The molecule has 1 fully saturated rings. The summed E-state index contributed by atoms with van der Waals surface area (Å²) < 4.78 is 5.36. The van der Waals surface area contributed by atoms with Crippen LogP contribution in [0.1, 0.15) is 24.7 Å². The van der Waals surface area contributed by atoms with Crippen molar-refractivity contribution in [2.24, 2.45) is 0 Å². The molecule has 3 rings (SSSR count). The van der Waals surface area contributed by atoms with Gasteiger partial charge in [-0.2, -0.15) is 4.98 Å². The molecule has 0 radical (unpaired) electrons. The van der Waals surface area contributed by atoms with E-state index in [0.717, 1.165) is 31.0 Å². The summed E-state index contributed by atoms with van der Waals surface area (Å²) in [6.07, 6.45) is 2.30. The maximum absolute atomic E-state index is 5.36. The van der Waals surface area contributed by atoms with E-state index in [0.29, 0.717) is 11.7 Å². The molecule has 1 aliphatic rings. The molecule has 4 heteroatoms. The van der Waals surface area contributed by atoms with Crippen molar-refractivity contribution in [3.63, 3.8) is 0 Å². The Kier molecular flexibility index (Phi) is 2.88. The fourth-order valence-corrected chi connectivity index (χ4v) is 2.17. The number of hydrogen-bond acceptors (Lipinski definition) is 4. The quantitative estimate of drug-likeness (QED) is 0.857. The minimum absolute atomic E-state index is 0.369. The Morgan fingerprint density at radius 1 is 1.24 bits per heavy atom. The number of rotatable bonds is 2. The van der Waals surface area contributed by atoms with Crippen LogP contribution in [0.15, 0.2) is 34.9 Å². The number of aromatic nitrogens is 2. The lowest BCUT2D eigenvalue weighted by molar-refractivity contribution is 0.322. The molecule has 2 aromatic rings. The van der Waals surface area contributed by atoms with E-state index in [-0.39, 0.29) is 0 Å². The third kappa shape index (κ3) is 2.22. The zero-order valence-corrected chi connectivity index (χ0v) is 9.60. The summed E-state index contributed by atoms with van der Waals surface area (Å²) in [6.45, 7) is 2.03. The largest absolute Gasteiger partial charge is 0.339 e. The highest BCUT2D eigenvalue weighted by Crippen LogP contribution is 2.24. The smallest absolute Gasteiger partial charge is 0.231 e. The molecule has 1 aliphatic heterocycles. The summed E-state index contributed by atoms with van der Waals surface area (Å²) >= 11 is 0. The molecule has 1 N–H and O–H groups in total. The van der Waals surface area contributed by atoms with E-state index in [1.54, 1.807) is 0 Å². The van der Waals surface area contributed by atoms with Crippen LogP contribution in [0.5, 0.6) is 0 Å². The fraction of sp³-hybridized carbons (Fsp3) is 0.385. The fourth-order valence-electron chi connectivity index (χ4n) is 2.17. The van der Waals surface area contributed by atoms with Crippen LogP contribution in [0.3, 0.4) is 0 Å². The third-order valence-electron chi connectivity index (χ3n) is 3.12. The zero-order valence-electron chi connectivity index (χ0n) is 9.60. The lowest BCUT2D eigenvalue weighted by Crippen LogP contribution is -2.28. The molecular formula is C13H15N3O. The molecule has 0 unspecified atom stereocenters. The molecule has 0 spiro atoms. The van der Waals surface area contributed by atoms with Crippen LogP contribution in [0, 0.1) is 0 Å². The lowest BCUT2D eigenvalue weighted by Gasteiger charge is -2.18. The van der Waals surface area contributed by atoms with Gasteiger partial charge in [-0.05, 0) is 19.4 Å². The number of nitrogens with one attached hydrogen (secondary N) is 1. The van der Waals surface area contributed by atoms with Crippen molar-refractivity contribution in [1.82, 2.24) is 15.5 Å². The van der Waals surface area contributed by atoms with Gasteiger partial charge in [0.05, 0.1) is 5.92 Å². The van der Waals surface area contributed by atoms with Gasteiger partial charge < -0.3 is 9.84 Å². The average molecular weight is 229 g/mol. The molecule has 17 heavy (non-hydrogen) atoms. The molecule has 0 aliphatic carbocycles. The molecule has 0 saturated carbocycles. The van der Waals surface area contributed by atoms with E-state index in [1.807, 2.05) is 30.3 Å². The third-order valence-corrected chi connectivity index (χ3v) is 3.12. The molecule has 1 saturated heterocycles. The first-order valence-corrected chi connectivity index (χ1v) is 6.03. The van der Waals surface area contributed by atoms with Gasteiger partial charge in [0.15, 0.2) is 0 Å². The highest BCUT2D eigenvalue weighted by molar-refractivity contribution is 5.53. The van der Waals surface area contributed by atoms with E-state index in [2.05, 4.69) is 15.5 Å². The summed E-state index contributed by atoms with van der Waals surface area (Å²) in [5.74, 6) is 1.82. The first-order valence-electron chi connectivity index (χ1n) is 6.03.